The van der Waals surface area contributed by atoms with Crippen molar-refractivity contribution in [1.29, 1.82) is 5.26 Å². The Labute approximate surface area is 152 Å². The van der Waals surface area contributed by atoms with Gasteiger partial charge in [-0.15, -0.1) is 0 Å². The van der Waals surface area contributed by atoms with Crippen LogP contribution in [0.15, 0.2) is 70.3 Å². The van der Waals surface area contributed by atoms with Crippen molar-refractivity contribution in [1.82, 2.24) is 9.97 Å². The summed E-state index contributed by atoms with van der Waals surface area (Å²) in [5.74, 6) is 0. The van der Waals surface area contributed by atoms with Crippen LogP contribution in [0.2, 0.25) is 0 Å². The number of halogens is 1. The van der Waals surface area contributed by atoms with Crippen LogP contribution < -0.4 is 0 Å². The van der Waals surface area contributed by atoms with E-state index in [-0.39, 0.29) is 0 Å². The van der Waals surface area contributed by atoms with Crippen LogP contribution in [0.1, 0.15) is 11.1 Å². The molecule has 4 aromatic rings. The molecule has 1 N–H and O–H groups in total. The number of nitrogens with zero attached hydrogens (tertiary/aromatic N) is 2. The molecule has 0 saturated carbocycles. The summed E-state index contributed by atoms with van der Waals surface area (Å²) >= 11 is 3.49. The first-order chi connectivity index (χ1) is 12.3. The molecule has 25 heavy (non-hydrogen) atoms. The molecule has 5 heteroatoms. The second-order valence-corrected chi connectivity index (χ2v) is 6.45. The molecule has 3 aromatic heterocycles. The standard InChI is InChI=1S/C20H12BrN3O/c21-16-1-2-20-18(8-16)19(11-24-20)14(9-22)7-15-10-23-5-3-17(15)13-4-6-25-12-13/h1-8,10-12,24H. The van der Waals surface area contributed by atoms with Crippen molar-refractivity contribution in [2.24, 2.45) is 0 Å². The van der Waals surface area contributed by atoms with E-state index in [1.165, 1.54) is 0 Å². The molecule has 0 aliphatic rings. The van der Waals surface area contributed by atoms with Crippen LogP contribution in [0.25, 0.3) is 33.7 Å². The summed E-state index contributed by atoms with van der Waals surface area (Å²) in [6.45, 7) is 0. The molecule has 0 atom stereocenters. The van der Waals surface area contributed by atoms with Gasteiger partial charge in [0.1, 0.15) is 0 Å². The van der Waals surface area contributed by atoms with Crippen LogP contribution in [-0.4, -0.2) is 9.97 Å². The SMILES string of the molecule is N#CC(=Cc1cnccc1-c1ccoc1)c1c[nH]c2ccc(Br)cc12. The van der Waals surface area contributed by atoms with E-state index >= 15 is 0 Å². The van der Waals surface area contributed by atoms with E-state index in [0.717, 1.165) is 37.6 Å². The molecule has 120 valence electrons. The van der Waals surface area contributed by atoms with E-state index in [1.54, 1.807) is 24.9 Å². The average Bonchev–Trinajstić information content (AvgIpc) is 3.30. The quantitative estimate of drug-likeness (QED) is 0.460. The van der Waals surface area contributed by atoms with Crippen LogP contribution >= 0.6 is 15.9 Å². The molecular weight excluding hydrogens is 378 g/mol. The lowest BCUT2D eigenvalue weighted by Gasteiger charge is -2.04. The zero-order valence-corrected chi connectivity index (χ0v) is 14.6. The van der Waals surface area contributed by atoms with Gasteiger partial charge in [0.25, 0.3) is 0 Å². The van der Waals surface area contributed by atoms with Crippen molar-refractivity contribution in [3.8, 4) is 17.2 Å². The number of nitrogens with one attached hydrogen (secondary N) is 1. The third-order valence-corrected chi connectivity index (χ3v) is 4.53. The number of allylic oxidation sites excluding steroid dienone is 1. The van der Waals surface area contributed by atoms with Crippen molar-refractivity contribution in [2.45, 2.75) is 0 Å². The average molecular weight is 390 g/mol. The second kappa shape index (κ2) is 6.42. The summed E-state index contributed by atoms with van der Waals surface area (Å²) in [5, 5.41) is 10.7. The first-order valence-electron chi connectivity index (χ1n) is 7.61. The minimum atomic E-state index is 0.571. The number of benzene rings is 1. The van der Waals surface area contributed by atoms with Crippen LogP contribution in [0.3, 0.4) is 0 Å². The highest BCUT2D eigenvalue weighted by Gasteiger charge is 2.11. The predicted molar refractivity (Wildman–Crippen MR) is 101 cm³/mol. The van der Waals surface area contributed by atoms with Gasteiger partial charge in [-0.05, 0) is 42.0 Å². The lowest BCUT2D eigenvalue weighted by molar-refractivity contribution is 0.568. The number of fused-ring (bicyclic) bond motifs is 1. The molecule has 0 bridgehead atoms. The fourth-order valence-corrected chi connectivity index (χ4v) is 3.20. The Morgan fingerprint density at radius 2 is 2.20 bits per heavy atom. The van der Waals surface area contributed by atoms with E-state index in [4.69, 9.17) is 4.42 Å². The molecular formula is C20H12BrN3O. The Bertz CT molecular complexity index is 1120. The van der Waals surface area contributed by atoms with Gasteiger partial charge in [0.2, 0.25) is 0 Å². The van der Waals surface area contributed by atoms with E-state index in [9.17, 15) is 5.26 Å². The van der Waals surface area contributed by atoms with Gasteiger partial charge >= 0.3 is 0 Å². The first-order valence-corrected chi connectivity index (χ1v) is 8.41. The Kier molecular flexibility index (Phi) is 3.96. The number of aromatic amines is 1. The minimum Gasteiger partial charge on any atom is -0.472 e. The number of pyridine rings is 1. The molecule has 0 radical (unpaired) electrons. The van der Waals surface area contributed by atoms with Crippen molar-refractivity contribution in [3.05, 3.63) is 77.0 Å². The molecule has 4 rings (SSSR count). The van der Waals surface area contributed by atoms with Crippen LogP contribution in [0.5, 0.6) is 0 Å². The summed E-state index contributed by atoms with van der Waals surface area (Å²) < 4.78 is 6.15. The van der Waals surface area contributed by atoms with Gasteiger partial charge in [0.15, 0.2) is 0 Å². The number of nitriles is 1. The van der Waals surface area contributed by atoms with E-state index in [1.807, 2.05) is 42.6 Å². The van der Waals surface area contributed by atoms with Gasteiger partial charge in [0.05, 0.1) is 24.2 Å². The zero-order valence-electron chi connectivity index (χ0n) is 13.0. The van der Waals surface area contributed by atoms with Crippen molar-refractivity contribution < 1.29 is 4.42 Å². The fraction of sp³-hybridized carbons (Fsp3) is 0. The molecule has 1 aromatic carbocycles. The number of aromatic nitrogens is 2. The topological polar surface area (TPSA) is 65.6 Å². The van der Waals surface area contributed by atoms with Gasteiger partial charge in [-0.1, -0.05) is 15.9 Å². The van der Waals surface area contributed by atoms with Crippen LogP contribution in [0, 0.1) is 11.3 Å². The normalized spacial score (nSPS) is 11.6. The molecule has 0 saturated heterocycles. The highest BCUT2D eigenvalue weighted by molar-refractivity contribution is 9.10. The Morgan fingerprint density at radius 1 is 1.28 bits per heavy atom. The molecule has 0 unspecified atom stereocenters. The number of H-pyrrole nitrogens is 1. The molecule has 0 aliphatic heterocycles. The second-order valence-electron chi connectivity index (χ2n) is 5.54. The van der Waals surface area contributed by atoms with E-state index in [0.29, 0.717) is 5.57 Å². The highest BCUT2D eigenvalue weighted by atomic mass is 79.9. The van der Waals surface area contributed by atoms with E-state index < -0.39 is 0 Å². The molecule has 0 aliphatic carbocycles. The van der Waals surface area contributed by atoms with Crippen molar-refractivity contribution >= 4 is 38.5 Å². The predicted octanol–water partition coefficient (Wildman–Crippen LogP) is 5.65. The maximum Gasteiger partial charge on any atom is 0.0998 e. The number of furan rings is 1. The van der Waals surface area contributed by atoms with Crippen molar-refractivity contribution in [3.63, 3.8) is 0 Å². The van der Waals surface area contributed by atoms with Gasteiger partial charge in [0, 0.05) is 50.7 Å². The third kappa shape index (κ3) is 2.88. The largest absolute Gasteiger partial charge is 0.472 e. The van der Waals surface area contributed by atoms with Gasteiger partial charge in [-0.2, -0.15) is 5.26 Å². The van der Waals surface area contributed by atoms with Gasteiger partial charge in [-0.3, -0.25) is 4.98 Å². The minimum absolute atomic E-state index is 0.571. The summed E-state index contributed by atoms with van der Waals surface area (Å²) in [7, 11) is 0. The van der Waals surface area contributed by atoms with Crippen molar-refractivity contribution in [2.75, 3.05) is 0 Å². The lowest BCUT2D eigenvalue weighted by atomic mass is 9.99. The maximum atomic E-state index is 9.73. The Morgan fingerprint density at radius 3 is 3.00 bits per heavy atom. The molecule has 0 spiro atoms. The summed E-state index contributed by atoms with van der Waals surface area (Å²) in [6.07, 6.45) is 10.5. The van der Waals surface area contributed by atoms with Crippen LogP contribution in [0.4, 0.5) is 0 Å². The number of rotatable bonds is 3. The summed E-state index contributed by atoms with van der Waals surface area (Å²) in [6, 6.07) is 12.1. The zero-order chi connectivity index (χ0) is 17.2. The molecule has 3 heterocycles. The molecule has 0 amide bonds. The van der Waals surface area contributed by atoms with Crippen LogP contribution in [-0.2, 0) is 0 Å². The summed E-state index contributed by atoms with van der Waals surface area (Å²) in [5.41, 5.74) is 5.21. The third-order valence-electron chi connectivity index (χ3n) is 4.04. The van der Waals surface area contributed by atoms with Gasteiger partial charge < -0.3 is 9.40 Å². The first kappa shape index (κ1) is 15.4. The number of hydrogen-bond acceptors (Lipinski definition) is 3. The van der Waals surface area contributed by atoms with E-state index in [2.05, 4.69) is 32.0 Å². The molecule has 4 nitrogen and oxygen atoms in total. The smallest absolute Gasteiger partial charge is 0.0998 e. The Balaban J connectivity index is 1.88. The maximum absolute atomic E-state index is 9.73. The Hall–Kier alpha value is -3.10. The highest BCUT2D eigenvalue weighted by Crippen LogP contribution is 2.31. The number of hydrogen-bond donors (Lipinski definition) is 1. The lowest BCUT2D eigenvalue weighted by Crippen LogP contribution is -1.86. The summed E-state index contributed by atoms with van der Waals surface area (Å²) in [4.78, 5) is 7.42. The van der Waals surface area contributed by atoms with Gasteiger partial charge in [-0.25, -0.2) is 0 Å². The molecule has 0 fully saturated rings. The fourth-order valence-electron chi connectivity index (χ4n) is 2.84. The monoisotopic (exact) mass is 389 g/mol.